The Balaban J connectivity index is 1.67. The lowest BCUT2D eigenvalue weighted by Crippen LogP contribution is -2.27. The van der Waals surface area contributed by atoms with Crippen LogP contribution in [0.5, 0.6) is 0 Å². The van der Waals surface area contributed by atoms with Crippen molar-refractivity contribution in [3.8, 4) is 11.8 Å². The maximum Gasteiger partial charge on any atom is 0.293 e. The second-order valence-corrected chi connectivity index (χ2v) is 9.13. The van der Waals surface area contributed by atoms with Crippen molar-refractivity contribution in [3.05, 3.63) is 91.6 Å². The first-order valence-electron chi connectivity index (χ1n) is 9.68. The molecule has 0 bridgehead atoms. The summed E-state index contributed by atoms with van der Waals surface area (Å²) in [5.74, 6) is -0.377. The number of carbonyl (C=O) groups excluding carboxylic acids is 2. The van der Waals surface area contributed by atoms with Gasteiger partial charge in [-0.1, -0.05) is 41.4 Å². The molecule has 0 spiro atoms. The van der Waals surface area contributed by atoms with Gasteiger partial charge in [-0.2, -0.15) is 5.26 Å². The normalized spacial score (nSPS) is 15.0. The molecule has 0 unspecified atom stereocenters. The van der Waals surface area contributed by atoms with Gasteiger partial charge in [-0.15, -0.1) is 0 Å². The number of aryl methyl sites for hydroxylation is 1. The maximum atomic E-state index is 13.0. The van der Waals surface area contributed by atoms with Crippen LogP contribution in [0.3, 0.4) is 0 Å². The lowest BCUT2D eigenvalue weighted by Gasteiger charge is -2.13. The number of hydrogen-bond donors (Lipinski definition) is 0. The molecule has 1 aliphatic rings. The molecular formula is C24H17Cl2N3O2S. The molecule has 0 atom stereocenters. The van der Waals surface area contributed by atoms with Crippen LogP contribution in [-0.4, -0.2) is 20.6 Å². The predicted octanol–water partition coefficient (Wildman–Crippen LogP) is 6.51. The third-order valence-corrected chi connectivity index (χ3v) is 6.71. The van der Waals surface area contributed by atoms with E-state index in [1.54, 1.807) is 48.5 Å². The van der Waals surface area contributed by atoms with Gasteiger partial charge in [0.1, 0.15) is 0 Å². The SMILES string of the molecule is Cc1cc(/C=C2/SC(=O)N(Cc3ccccc3C#N)C2=O)c(C)n1-c1cc(Cl)ccc1Cl. The highest BCUT2D eigenvalue weighted by molar-refractivity contribution is 8.18. The summed E-state index contributed by atoms with van der Waals surface area (Å²) in [5, 5.41) is 10.0. The summed E-state index contributed by atoms with van der Waals surface area (Å²) < 4.78 is 1.97. The van der Waals surface area contributed by atoms with Gasteiger partial charge in [0.2, 0.25) is 0 Å². The van der Waals surface area contributed by atoms with Crippen LogP contribution in [0.15, 0.2) is 53.4 Å². The summed E-state index contributed by atoms with van der Waals surface area (Å²) in [7, 11) is 0. The van der Waals surface area contributed by atoms with Gasteiger partial charge in [-0.25, -0.2) is 0 Å². The zero-order valence-electron chi connectivity index (χ0n) is 17.2. The molecular weight excluding hydrogens is 465 g/mol. The second-order valence-electron chi connectivity index (χ2n) is 7.29. The van der Waals surface area contributed by atoms with Crippen molar-refractivity contribution in [1.82, 2.24) is 9.47 Å². The van der Waals surface area contributed by atoms with E-state index in [4.69, 9.17) is 23.2 Å². The van der Waals surface area contributed by atoms with E-state index in [0.29, 0.717) is 26.1 Å². The van der Waals surface area contributed by atoms with Crippen LogP contribution in [0.1, 0.15) is 28.1 Å². The number of halogens is 2. The highest BCUT2D eigenvalue weighted by Crippen LogP contribution is 2.36. The lowest BCUT2D eigenvalue weighted by atomic mass is 10.1. The summed E-state index contributed by atoms with van der Waals surface area (Å²) in [6.07, 6.45) is 1.72. The van der Waals surface area contributed by atoms with Gasteiger partial charge in [0.15, 0.2) is 0 Å². The molecule has 4 rings (SSSR count). The van der Waals surface area contributed by atoms with Gasteiger partial charge < -0.3 is 4.57 Å². The molecule has 1 aliphatic heterocycles. The smallest absolute Gasteiger partial charge is 0.293 e. The molecule has 2 amide bonds. The van der Waals surface area contributed by atoms with E-state index in [2.05, 4.69) is 6.07 Å². The fraction of sp³-hybridized carbons (Fsp3) is 0.125. The highest BCUT2D eigenvalue weighted by Gasteiger charge is 2.35. The minimum absolute atomic E-state index is 0.0584. The average molecular weight is 482 g/mol. The number of imide groups is 1. The number of amides is 2. The molecule has 3 aromatic rings. The zero-order valence-corrected chi connectivity index (χ0v) is 19.6. The first-order valence-corrected chi connectivity index (χ1v) is 11.2. The Labute approximate surface area is 199 Å². The van der Waals surface area contributed by atoms with Crippen molar-refractivity contribution < 1.29 is 9.59 Å². The minimum atomic E-state index is -0.377. The third-order valence-electron chi connectivity index (χ3n) is 5.25. The number of nitriles is 1. The topological polar surface area (TPSA) is 66.1 Å². The van der Waals surface area contributed by atoms with Gasteiger partial charge in [-0.3, -0.25) is 14.5 Å². The number of aromatic nitrogens is 1. The largest absolute Gasteiger partial charge is 0.316 e. The van der Waals surface area contributed by atoms with Crippen LogP contribution in [0, 0.1) is 25.2 Å². The Bertz CT molecular complexity index is 1340. The molecule has 5 nitrogen and oxygen atoms in total. The molecule has 160 valence electrons. The Morgan fingerprint density at radius 1 is 1.09 bits per heavy atom. The van der Waals surface area contributed by atoms with Crippen LogP contribution in [0.4, 0.5) is 4.79 Å². The van der Waals surface area contributed by atoms with Gasteiger partial charge in [-0.05, 0) is 73.1 Å². The van der Waals surface area contributed by atoms with E-state index in [9.17, 15) is 14.9 Å². The summed E-state index contributed by atoms with van der Waals surface area (Å²) in [5.41, 5.74) is 4.41. The molecule has 0 aliphatic carbocycles. The van der Waals surface area contributed by atoms with Crippen molar-refractivity contribution in [3.63, 3.8) is 0 Å². The summed E-state index contributed by atoms with van der Waals surface area (Å²) >= 11 is 13.4. The Kier molecular flexibility index (Phi) is 6.16. The van der Waals surface area contributed by atoms with Gasteiger partial charge in [0, 0.05) is 16.4 Å². The van der Waals surface area contributed by atoms with Gasteiger partial charge in [0.05, 0.1) is 33.8 Å². The van der Waals surface area contributed by atoms with Crippen molar-refractivity contribution in [2.45, 2.75) is 20.4 Å². The fourth-order valence-electron chi connectivity index (χ4n) is 3.68. The zero-order chi connectivity index (χ0) is 23.0. The van der Waals surface area contributed by atoms with E-state index in [1.165, 1.54) is 4.90 Å². The number of hydrogen-bond acceptors (Lipinski definition) is 4. The Morgan fingerprint density at radius 2 is 1.84 bits per heavy atom. The number of benzene rings is 2. The van der Waals surface area contributed by atoms with Crippen LogP contribution < -0.4 is 0 Å². The molecule has 0 N–H and O–H groups in total. The first kappa shape index (κ1) is 22.2. The molecule has 1 saturated heterocycles. The summed E-state index contributed by atoms with van der Waals surface area (Å²) in [6, 6.07) is 16.2. The van der Waals surface area contributed by atoms with Crippen LogP contribution in [0.25, 0.3) is 11.8 Å². The molecule has 2 aromatic carbocycles. The van der Waals surface area contributed by atoms with Gasteiger partial charge >= 0.3 is 0 Å². The van der Waals surface area contributed by atoms with E-state index in [1.807, 2.05) is 24.5 Å². The van der Waals surface area contributed by atoms with E-state index < -0.39 is 0 Å². The van der Waals surface area contributed by atoms with E-state index in [-0.39, 0.29) is 17.7 Å². The first-order chi connectivity index (χ1) is 15.3. The molecule has 2 heterocycles. The minimum Gasteiger partial charge on any atom is -0.316 e. The average Bonchev–Trinajstić information content (AvgIpc) is 3.19. The Hall–Kier alpha value is -2.98. The molecule has 1 aromatic heterocycles. The number of thioether (sulfide) groups is 1. The predicted molar refractivity (Wildman–Crippen MR) is 128 cm³/mol. The summed E-state index contributed by atoms with van der Waals surface area (Å²) in [4.78, 5) is 27.0. The van der Waals surface area contributed by atoms with Gasteiger partial charge in [0.25, 0.3) is 11.1 Å². The van der Waals surface area contributed by atoms with Crippen molar-refractivity contribution in [2.75, 3.05) is 0 Å². The van der Waals surface area contributed by atoms with Crippen molar-refractivity contribution >= 4 is 52.2 Å². The third kappa shape index (κ3) is 4.07. The lowest BCUT2D eigenvalue weighted by molar-refractivity contribution is -0.123. The second kappa shape index (κ2) is 8.87. The van der Waals surface area contributed by atoms with Crippen LogP contribution in [0.2, 0.25) is 10.0 Å². The van der Waals surface area contributed by atoms with E-state index in [0.717, 1.165) is 34.4 Å². The summed E-state index contributed by atoms with van der Waals surface area (Å²) in [6.45, 7) is 3.92. The standard InChI is InChI=1S/C24H17Cl2N3O2S/c1-14-9-18(15(2)29(14)21-11-19(25)7-8-20(21)26)10-22-23(30)28(24(31)32-22)13-17-6-4-3-5-16(17)12-27/h3-11H,13H2,1-2H3/b22-10+. The Morgan fingerprint density at radius 3 is 2.59 bits per heavy atom. The van der Waals surface area contributed by atoms with Crippen LogP contribution >= 0.6 is 35.0 Å². The monoisotopic (exact) mass is 481 g/mol. The molecule has 32 heavy (non-hydrogen) atoms. The molecule has 8 heteroatoms. The molecule has 0 saturated carbocycles. The maximum absolute atomic E-state index is 13.0. The number of rotatable bonds is 4. The number of nitrogens with zero attached hydrogens (tertiary/aromatic N) is 3. The number of carbonyl (C=O) groups is 2. The van der Waals surface area contributed by atoms with Crippen LogP contribution in [-0.2, 0) is 11.3 Å². The van der Waals surface area contributed by atoms with Crippen molar-refractivity contribution in [1.29, 1.82) is 5.26 Å². The molecule has 1 fully saturated rings. The quantitative estimate of drug-likeness (QED) is 0.398. The van der Waals surface area contributed by atoms with E-state index >= 15 is 0 Å². The van der Waals surface area contributed by atoms with Crippen molar-refractivity contribution in [2.24, 2.45) is 0 Å². The molecule has 0 radical (unpaired) electrons. The highest BCUT2D eigenvalue weighted by atomic mass is 35.5. The fourth-order valence-corrected chi connectivity index (χ4v) is 4.87.